The van der Waals surface area contributed by atoms with Crippen molar-refractivity contribution in [2.45, 2.75) is 6.42 Å². The van der Waals surface area contributed by atoms with E-state index in [-0.39, 0.29) is 0 Å². The molecule has 0 saturated carbocycles. The molecule has 2 heteroatoms. The van der Waals surface area contributed by atoms with Gasteiger partial charge in [0.15, 0.2) is 0 Å². The minimum atomic E-state index is 0.886. The molecular formula is C61H38N2. The zero-order valence-corrected chi connectivity index (χ0v) is 34.4. The summed E-state index contributed by atoms with van der Waals surface area (Å²) < 4.78 is 2.38. The van der Waals surface area contributed by atoms with Crippen LogP contribution in [-0.2, 0) is 6.42 Å². The molecule has 0 radical (unpaired) electrons. The number of fused-ring (bicyclic) bond motifs is 15. The van der Waals surface area contributed by atoms with Gasteiger partial charge in [0.1, 0.15) is 0 Å². The summed E-state index contributed by atoms with van der Waals surface area (Å²) >= 11 is 0. The number of H-pyrrole nitrogens is 1. The van der Waals surface area contributed by atoms with Crippen LogP contribution in [0.5, 0.6) is 0 Å². The van der Waals surface area contributed by atoms with E-state index < -0.39 is 0 Å². The minimum Gasteiger partial charge on any atom is -0.354 e. The quantitative estimate of drug-likeness (QED) is 0.171. The highest BCUT2D eigenvalue weighted by Gasteiger charge is 2.26. The molecule has 14 rings (SSSR count). The number of aromatic nitrogens is 2. The second-order valence-electron chi connectivity index (χ2n) is 17.2. The maximum absolute atomic E-state index is 3.89. The first-order valence-electron chi connectivity index (χ1n) is 22.0. The molecule has 0 bridgehead atoms. The van der Waals surface area contributed by atoms with Gasteiger partial charge in [-0.1, -0.05) is 164 Å². The standard InChI is InChI=1S/C61H38N2/c1-2-13-40(14-3-1)63-59-26-9-8-19-50(59)57-34-38(29-32-60(57)63)37-28-31-58-56(33-37)52-25-12-24-51(61(52)62-58)48-23-11-22-47-46-21-10-20-41(54(46)36-55(47)48)39-27-30-49-44-17-5-4-15-42(44)43-16-6-7-18-45(43)53(49)35-39/h1-35,62H,36H2. The molecule has 63 heavy (non-hydrogen) atoms. The first-order chi connectivity index (χ1) is 31.2. The van der Waals surface area contributed by atoms with Crippen LogP contribution in [0.15, 0.2) is 212 Å². The Morgan fingerprint density at radius 3 is 1.54 bits per heavy atom. The van der Waals surface area contributed by atoms with Crippen LogP contribution >= 0.6 is 0 Å². The average Bonchev–Trinajstić information content (AvgIpc) is 4.04. The molecule has 1 aliphatic carbocycles. The molecule has 2 aromatic heterocycles. The first kappa shape index (κ1) is 34.5. The van der Waals surface area contributed by atoms with E-state index in [0.29, 0.717) is 0 Å². The number of para-hydroxylation sites is 3. The van der Waals surface area contributed by atoms with Crippen molar-refractivity contribution in [3.8, 4) is 50.2 Å². The summed E-state index contributed by atoms with van der Waals surface area (Å²) in [6, 6.07) is 78.7. The lowest BCUT2D eigenvalue weighted by atomic mass is 9.90. The summed E-state index contributed by atoms with van der Waals surface area (Å²) in [6.45, 7) is 0. The zero-order valence-electron chi connectivity index (χ0n) is 34.4. The Kier molecular flexibility index (Phi) is 7.20. The molecule has 292 valence electrons. The second kappa shape index (κ2) is 13.1. The first-order valence-corrected chi connectivity index (χ1v) is 22.0. The summed E-state index contributed by atoms with van der Waals surface area (Å²) in [5, 5.41) is 12.8. The van der Waals surface area contributed by atoms with Crippen molar-refractivity contribution in [1.82, 2.24) is 9.55 Å². The van der Waals surface area contributed by atoms with E-state index in [4.69, 9.17) is 0 Å². The van der Waals surface area contributed by atoms with Gasteiger partial charge >= 0.3 is 0 Å². The highest BCUT2D eigenvalue weighted by Crippen LogP contribution is 2.48. The molecule has 13 aromatic rings. The van der Waals surface area contributed by atoms with E-state index >= 15 is 0 Å². The topological polar surface area (TPSA) is 20.7 Å². The molecule has 11 aromatic carbocycles. The predicted octanol–water partition coefficient (Wildman–Crippen LogP) is 16.4. The summed E-state index contributed by atoms with van der Waals surface area (Å²) in [5.41, 5.74) is 19.0. The number of nitrogens with one attached hydrogen (secondary N) is 1. The highest BCUT2D eigenvalue weighted by atomic mass is 15.0. The summed E-state index contributed by atoms with van der Waals surface area (Å²) in [4.78, 5) is 3.89. The fraction of sp³-hybridized carbons (Fsp3) is 0.0164. The van der Waals surface area contributed by atoms with Crippen molar-refractivity contribution in [2.24, 2.45) is 0 Å². The van der Waals surface area contributed by atoms with Crippen molar-refractivity contribution in [1.29, 1.82) is 0 Å². The lowest BCUT2D eigenvalue weighted by Crippen LogP contribution is -1.92. The Labute approximate surface area is 363 Å². The zero-order chi connectivity index (χ0) is 41.2. The lowest BCUT2D eigenvalue weighted by molar-refractivity contribution is 1.18. The highest BCUT2D eigenvalue weighted by molar-refractivity contribution is 6.26. The van der Waals surface area contributed by atoms with Gasteiger partial charge in [-0.2, -0.15) is 0 Å². The minimum absolute atomic E-state index is 0.886. The Hall–Kier alpha value is -8.20. The van der Waals surface area contributed by atoms with E-state index in [9.17, 15) is 0 Å². The Morgan fingerprint density at radius 2 is 0.794 bits per heavy atom. The second-order valence-corrected chi connectivity index (χ2v) is 17.2. The molecule has 0 fully saturated rings. The number of nitrogens with zero attached hydrogens (tertiary/aromatic N) is 1. The monoisotopic (exact) mass is 798 g/mol. The van der Waals surface area contributed by atoms with Crippen LogP contribution in [0.3, 0.4) is 0 Å². The lowest BCUT2D eigenvalue weighted by Gasteiger charge is -2.14. The fourth-order valence-electron chi connectivity index (χ4n) is 11.2. The molecule has 1 N–H and O–H groups in total. The van der Waals surface area contributed by atoms with Crippen LogP contribution < -0.4 is 0 Å². The molecule has 1 aliphatic rings. The van der Waals surface area contributed by atoms with Gasteiger partial charge in [0.2, 0.25) is 0 Å². The normalized spacial score (nSPS) is 12.4. The summed E-state index contributed by atoms with van der Waals surface area (Å²) in [5.74, 6) is 0. The Morgan fingerprint density at radius 1 is 0.302 bits per heavy atom. The van der Waals surface area contributed by atoms with E-state index in [1.807, 2.05) is 0 Å². The predicted molar refractivity (Wildman–Crippen MR) is 267 cm³/mol. The number of hydrogen-bond donors (Lipinski definition) is 1. The maximum Gasteiger partial charge on any atom is 0.0544 e. The Balaban J connectivity index is 0.869. The molecule has 0 spiro atoms. The molecule has 0 aliphatic heterocycles. The molecule has 0 unspecified atom stereocenters. The van der Waals surface area contributed by atoms with Gasteiger partial charge in [0, 0.05) is 38.3 Å². The smallest absolute Gasteiger partial charge is 0.0544 e. The number of aromatic amines is 1. The van der Waals surface area contributed by atoms with Crippen molar-refractivity contribution in [2.75, 3.05) is 0 Å². The number of rotatable bonds is 4. The van der Waals surface area contributed by atoms with Crippen LogP contribution in [0.4, 0.5) is 0 Å². The van der Waals surface area contributed by atoms with E-state index in [1.165, 1.54) is 132 Å². The SMILES string of the molecule is c1ccc(-n2c3ccccc3c3cc(-c4ccc5[nH]c6c(-c7cccc8c7Cc7c(-c9ccc%10c%11ccccc%11c%11ccccc%11c%10c9)cccc7-8)cccc6c5c4)ccc32)cc1. The van der Waals surface area contributed by atoms with E-state index in [1.54, 1.807) is 0 Å². The Bertz CT molecular complexity index is 4020. The van der Waals surface area contributed by atoms with Crippen LogP contribution in [-0.4, -0.2) is 9.55 Å². The molecular weight excluding hydrogens is 761 g/mol. The van der Waals surface area contributed by atoms with Crippen LogP contribution in [0, 0.1) is 0 Å². The third-order valence-electron chi connectivity index (χ3n) is 14.0. The van der Waals surface area contributed by atoms with Crippen molar-refractivity contribution >= 4 is 75.9 Å². The largest absolute Gasteiger partial charge is 0.354 e. The van der Waals surface area contributed by atoms with Gasteiger partial charge in [-0.15, -0.1) is 0 Å². The van der Waals surface area contributed by atoms with Gasteiger partial charge < -0.3 is 9.55 Å². The van der Waals surface area contributed by atoms with E-state index in [0.717, 1.165) is 11.9 Å². The molecule has 0 saturated heterocycles. The molecule has 2 heterocycles. The third kappa shape index (κ3) is 5.01. The average molecular weight is 799 g/mol. The summed E-state index contributed by atoms with van der Waals surface area (Å²) in [6.07, 6.45) is 0.886. The van der Waals surface area contributed by atoms with E-state index in [2.05, 4.69) is 222 Å². The summed E-state index contributed by atoms with van der Waals surface area (Å²) in [7, 11) is 0. The fourth-order valence-corrected chi connectivity index (χ4v) is 11.2. The van der Waals surface area contributed by atoms with Gasteiger partial charge in [-0.25, -0.2) is 0 Å². The van der Waals surface area contributed by atoms with Crippen molar-refractivity contribution < 1.29 is 0 Å². The van der Waals surface area contributed by atoms with Crippen molar-refractivity contribution in [3.05, 3.63) is 223 Å². The molecule has 0 atom stereocenters. The maximum atomic E-state index is 3.89. The molecule has 0 amide bonds. The van der Waals surface area contributed by atoms with Gasteiger partial charge in [0.25, 0.3) is 0 Å². The van der Waals surface area contributed by atoms with Crippen LogP contribution in [0.1, 0.15) is 11.1 Å². The van der Waals surface area contributed by atoms with Crippen LogP contribution in [0.2, 0.25) is 0 Å². The number of hydrogen-bond acceptors (Lipinski definition) is 0. The number of benzene rings is 11. The molecule has 2 nitrogen and oxygen atoms in total. The van der Waals surface area contributed by atoms with Gasteiger partial charge in [-0.3, -0.25) is 0 Å². The van der Waals surface area contributed by atoms with Crippen LogP contribution in [0.25, 0.3) is 126 Å². The van der Waals surface area contributed by atoms with Crippen molar-refractivity contribution in [3.63, 3.8) is 0 Å². The van der Waals surface area contributed by atoms with Gasteiger partial charge in [0.05, 0.1) is 16.6 Å². The third-order valence-corrected chi connectivity index (χ3v) is 14.0. The van der Waals surface area contributed by atoms with Gasteiger partial charge in [-0.05, 0) is 137 Å².